The molecule has 1 saturated carbocycles. The summed E-state index contributed by atoms with van der Waals surface area (Å²) < 4.78 is 0. The summed E-state index contributed by atoms with van der Waals surface area (Å²) in [5.41, 5.74) is 0.736. The van der Waals surface area contributed by atoms with Gasteiger partial charge in [-0.25, -0.2) is 0 Å². The average molecular weight is 278 g/mol. The third kappa shape index (κ3) is 2.92. The normalized spacial score (nSPS) is 32.7. The van der Waals surface area contributed by atoms with Gasteiger partial charge >= 0.3 is 0 Å². The van der Waals surface area contributed by atoms with Gasteiger partial charge in [-0.3, -0.25) is 0 Å². The van der Waals surface area contributed by atoms with Crippen molar-refractivity contribution < 1.29 is 0 Å². The smallest absolute Gasteiger partial charge is 0.00958 e. The number of nitrogens with zero attached hydrogens (tertiary/aromatic N) is 2. The molecule has 0 aromatic carbocycles. The van der Waals surface area contributed by atoms with Gasteiger partial charge in [0.15, 0.2) is 0 Å². The van der Waals surface area contributed by atoms with E-state index in [-0.39, 0.29) is 0 Å². The summed E-state index contributed by atoms with van der Waals surface area (Å²) in [6.07, 6.45) is 8.85. The Bertz CT molecular complexity index is 309. The van der Waals surface area contributed by atoms with E-state index in [4.69, 9.17) is 0 Å². The van der Waals surface area contributed by atoms with Gasteiger partial charge in [0.1, 0.15) is 0 Å². The summed E-state index contributed by atoms with van der Waals surface area (Å²) in [7, 11) is 0. The SMILES string of the molecule is CCN1CC2(CCC(N3CCCC(C(C)C)C3)CC2)C1. The lowest BCUT2D eigenvalue weighted by Gasteiger charge is -2.55. The van der Waals surface area contributed by atoms with Crippen LogP contribution in [0.2, 0.25) is 0 Å². The molecule has 2 nitrogen and oxygen atoms in total. The number of hydrogen-bond acceptors (Lipinski definition) is 2. The molecule has 2 saturated heterocycles. The van der Waals surface area contributed by atoms with E-state index in [1.807, 2.05) is 0 Å². The van der Waals surface area contributed by atoms with Crippen molar-refractivity contribution in [1.82, 2.24) is 9.80 Å². The largest absolute Gasteiger partial charge is 0.302 e. The Balaban J connectivity index is 1.48. The zero-order valence-electron chi connectivity index (χ0n) is 13.9. The fourth-order valence-corrected chi connectivity index (χ4v) is 4.94. The Morgan fingerprint density at radius 3 is 2.40 bits per heavy atom. The maximum atomic E-state index is 2.86. The molecule has 1 spiro atoms. The van der Waals surface area contributed by atoms with Gasteiger partial charge in [0.25, 0.3) is 0 Å². The summed E-state index contributed by atoms with van der Waals surface area (Å²) in [6.45, 7) is 13.9. The van der Waals surface area contributed by atoms with E-state index in [0.29, 0.717) is 0 Å². The van der Waals surface area contributed by atoms with Crippen molar-refractivity contribution in [3.63, 3.8) is 0 Å². The van der Waals surface area contributed by atoms with Crippen LogP contribution in [-0.2, 0) is 0 Å². The highest BCUT2D eigenvalue weighted by molar-refractivity contribution is 4.99. The zero-order valence-corrected chi connectivity index (χ0v) is 13.9. The molecule has 2 aliphatic heterocycles. The van der Waals surface area contributed by atoms with Crippen molar-refractivity contribution in [3.05, 3.63) is 0 Å². The van der Waals surface area contributed by atoms with E-state index in [0.717, 1.165) is 23.3 Å². The van der Waals surface area contributed by atoms with Crippen LogP contribution in [0.25, 0.3) is 0 Å². The molecule has 20 heavy (non-hydrogen) atoms. The Labute approximate surface area is 125 Å². The zero-order chi connectivity index (χ0) is 14.2. The van der Waals surface area contributed by atoms with E-state index in [2.05, 4.69) is 30.6 Å². The quantitative estimate of drug-likeness (QED) is 0.778. The maximum Gasteiger partial charge on any atom is 0.00958 e. The highest BCUT2D eigenvalue weighted by Crippen LogP contribution is 2.45. The van der Waals surface area contributed by atoms with Crippen LogP contribution >= 0.6 is 0 Å². The molecule has 0 amide bonds. The predicted octanol–water partition coefficient (Wildman–Crippen LogP) is 3.62. The second-order valence-electron chi connectivity index (χ2n) is 8.18. The van der Waals surface area contributed by atoms with Gasteiger partial charge in [-0.2, -0.15) is 0 Å². The van der Waals surface area contributed by atoms with Gasteiger partial charge in [0.05, 0.1) is 0 Å². The first-order valence-corrected chi connectivity index (χ1v) is 9.08. The molecule has 2 heterocycles. The molecule has 0 bridgehead atoms. The minimum absolute atomic E-state index is 0.736. The summed E-state index contributed by atoms with van der Waals surface area (Å²) in [5, 5.41) is 0. The summed E-state index contributed by atoms with van der Waals surface area (Å²) in [5.74, 6) is 1.83. The molecule has 0 aromatic heterocycles. The Hall–Kier alpha value is -0.0800. The molecule has 2 heteroatoms. The van der Waals surface area contributed by atoms with Crippen molar-refractivity contribution in [2.45, 2.75) is 65.3 Å². The topological polar surface area (TPSA) is 6.48 Å². The second-order valence-corrected chi connectivity index (χ2v) is 8.18. The number of hydrogen-bond donors (Lipinski definition) is 0. The van der Waals surface area contributed by atoms with Gasteiger partial charge in [-0.1, -0.05) is 20.8 Å². The molecule has 3 fully saturated rings. The Morgan fingerprint density at radius 1 is 1.10 bits per heavy atom. The molecule has 0 aromatic rings. The number of piperidine rings is 1. The van der Waals surface area contributed by atoms with Crippen LogP contribution < -0.4 is 0 Å². The van der Waals surface area contributed by atoms with Crippen LogP contribution in [0.1, 0.15) is 59.3 Å². The third-order valence-corrected chi connectivity index (χ3v) is 6.53. The van der Waals surface area contributed by atoms with Crippen molar-refractivity contribution in [3.8, 4) is 0 Å². The molecule has 3 aliphatic rings. The lowest BCUT2D eigenvalue weighted by molar-refractivity contribution is -0.0473. The van der Waals surface area contributed by atoms with Crippen molar-refractivity contribution >= 4 is 0 Å². The predicted molar refractivity (Wildman–Crippen MR) is 85.9 cm³/mol. The van der Waals surface area contributed by atoms with Crippen LogP contribution in [0.3, 0.4) is 0 Å². The second kappa shape index (κ2) is 5.96. The molecule has 0 N–H and O–H groups in total. The van der Waals surface area contributed by atoms with Gasteiger partial charge in [-0.05, 0) is 68.9 Å². The molecule has 1 atom stereocenters. The minimum atomic E-state index is 0.736. The van der Waals surface area contributed by atoms with Gasteiger partial charge in [0, 0.05) is 25.7 Å². The highest BCUT2D eigenvalue weighted by Gasteiger charge is 2.45. The lowest BCUT2D eigenvalue weighted by atomic mass is 9.67. The summed E-state index contributed by atoms with van der Waals surface area (Å²) >= 11 is 0. The van der Waals surface area contributed by atoms with Crippen LogP contribution in [0.4, 0.5) is 0 Å². The van der Waals surface area contributed by atoms with Gasteiger partial charge in [-0.15, -0.1) is 0 Å². The van der Waals surface area contributed by atoms with E-state index in [1.54, 1.807) is 0 Å². The molecule has 0 radical (unpaired) electrons. The van der Waals surface area contributed by atoms with Crippen LogP contribution in [0.5, 0.6) is 0 Å². The highest BCUT2D eigenvalue weighted by atomic mass is 15.2. The van der Waals surface area contributed by atoms with Crippen LogP contribution in [0.15, 0.2) is 0 Å². The number of rotatable bonds is 3. The third-order valence-electron chi connectivity index (χ3n) is 6.53. The molecule has 1 aliphatic carbocycles. The lowest BCUT2D eigenvalue weighted by Crippen LogP contribution is -2.59. The van der Waals surface area contributed by atoms with Crippen molar-refractivity contribution in [1.29, 1.82) is 0 Å². The molecule has 3 rings (SSSR count). The molecular weight excluding hydrogens is 244 g/mol. The first-order chi connectivity index (χ1) is 9.62. The van der Waals surface area contributed by atoms with E-state index < -0.39 is 0 Å². The van der Waals surface area contributed by atoms with Crippen molar-refractivity contribution in [2.75, 3.05) is 32.7 Å². The van der Waals surface area contributed by atoms with Crippen LogP contribution in [0, 0.1) is 17.3 Å². The Morgan fingerprint density at radius 2 is 1.80 bits per heavy atom. The average Bonchev–Trinajstić information content (AvgIpc) is 2.45. The monoisotopic (exact) mass is 278 g/mol. The van der Waals surface area contributed by atoms with E-state index >= 15 is 0 Å². The maximum absolute atomic E-state index is 2.86. The van der Waals surface area contributed by atoms with E-state index in [9.17, 15) is 0 Å². The fraction of sp³-hybridized carbons (Fsp3) is 1.00. The first kappa shape index (κ1) is 14.8. The van der Waals surface area contributed by atoms with Crippen molar-refractivity contribution in [2.24, 2.45) is 17.3 Å². The standard InChI is InChI=1S/C18H34N2/c1-4-19-13-18(14-19)9-7-17(8-10-18)20-11-5-6-16(12-20)15(2)3/h15-17H,4-14H2,1-3H3. The summed E-state index contributed by atoms with van der Waals surface area (Å²) in [4.78, 5) is 5.48. The minimum Gasteiger partial charge on any atom is -0.302 e. The molecular formula is C18H34N2. The summed E-state index contributed by atoms with van der Waals surface area (Å²) in [6, 6.07) is 0.915. The number of likely N-dealkylation sites (tertiary alicyclic amines) is 2. The van der Waals surface area contributed by atoms with E-state index in [1.165, 1.54) is 71.2 Å². The first-order valence-electron chi connectivity index (χ1n) is 9.08. The fourth-order valence-electron chi connectivity index (χ4n) is 4.94. The van der Waals surface area contributed by atoms with Gasteiger partial charge in [0.2, 0.25) is 0 Å². The molecule has 1 unspecified atom stereocenters. The molecule has 116 valence electrons. The van der Waals surface area contributed by atoms with Crippen LogP contribution in [-0.4, -0.2) is 48.6 Å². The Kier molecular flexibility index (Phi) is 4.42. The van der Waals surface area contributed by atoms with Gasteiger partial charge < -0.3 is 9.80 Å².